The molecule has 1 heterocycles. The topological polar surface area (TPSA) is 93.3 Å². The fraction of sp³-hybridized carbons (Fsp3) is 0.304. The van der Waals surface area contributed by atoms with Gasteiger partial charge in [-0.1, -0.05) is 42.1 Å². The monoisotopic (exact) mass is 486 g/mol. The number of amidine groups is 1. The first-order valence-electron chi connectivity index (χ1n) is 10.4. The van der Waals surface area contributed by atoms with Gasteiger partial charge in [0.25, 0.3) is 0 Å². The normalized spacial score (nSPS) is 17.8. The van der Waals surface area contributed by atoms with E-state index in [9.17, 15) is 13.6 Å². The highest BCUT2D eigenvalue weighted by Gasteiger charge is 2.49. The Morgan fingerprint density at radius 3 is 2.74 bits per heavy atom. The van der Waals surface area contributed by atoms with Crippen LogP contribution in [0.1, 0.15) is 30.9 Å². The van der Waals surface area contributed by atoms with Gasteiger partial charge in [0.15, 0.2) is 6.19 Å². The lowest BCUT2D eigenvalue weighted by Gasteiger charge is -2.37. The lowest BCUT2D eigenvalue weighted by molar-refractivity contribution is -0.0805. The van der Waals surface area contributed by atoms with E-state index in [1.807, 2.05) is 36.5 Å². The molecule has 2 aromatic rings. The van der Waals surface area contributed by atoms with Gasteiger partial charge in [-0.15, -0.1) is 0 Å². The molecular formula is C23H24F2N6O2S. The molecule has 11 heteroatoms. The number of urea groups is 1. The van der Waals surface area contributed by atoms with Crippen LogP contribution >= 0.6 is 11.8 Å². The summed E-state index contributed by atoms with van der Waals surface area (Å²) >= 11 is 1.17. The Kier molecular flexibility index (Phi) is 8.20. The summed E-state index contributed by atoms with van der Waals surface area (Å²) < 4.78 is 28.6. The van der Waals surface area contributed by atoms with Crippen molar-refractivity contribution in [2.24, 2.45) is 10.1 Å². The van der Waals surface area contributed by atoms with E-state index in [4.69, 9.17) is 10.1 Å². The van der Waals surface area contributed by atoms with E-state index in [-0.39, 0.29) is 10.6 Å². The van der Waals surface area contributed by atoms with Gasteiger partial charge in [-0.05, 0) is 43.5 Å². The number of thioether (sulfide) groups is 1. The number of rotatable bonds is 7. The van der Waals surface area contributed by atoms with Crippen LogP contribution in [0.15, 0.2) is 58.6 Å². The second kappa shape index (κ2) is 11.1. The van der Waals surface area contributed by atoms with Crippen LogP contribution in [0.3, 0.4) is 0 Å². The molecule has 2 aromatic carbocycles. The Bertz CT molecular complexity index is 1140. The van der Waals surface area contributed by atoms with Crippen LogP contribution in [-0.2, 0) is 9.71 Å². The Morgan fingerprint density at radius 1 is 1.32 bits per heavy atom. The van der Waals surface area contributed by atoms with Crippen molar-refractivity contribution in [3.05, 3.63) is 71.3 Å². The fourth-order valence-corrected chi connectivity index (χ4v) is 4.86. The number of hydrogen-bond acceptors (Lipinski definition) is 6. The molecule has 1 aliphatic heterocycles. The van der Waals surface area contributed by atoms with Gasteiger partial charge in [-0.3, -0.25) is 15.1 Å². The number of hydrogen-bond donors (Lipinski definition) is 1. The Labute approximate surface area is 200 Å². The number of nitriles is 1. The maximum atomic E-state index is 14.6. The number of amides is 2. The minimum atomic E-state index is -1.06. The summed E-state index contributed by atoms with van der Waals surface area (Å²) in [6.07, 6.45) is 2.72. The Balaban J connectivity index is 2.05. The summed E-state index contributed by atoms with van der Waals surface area (Å²) in [6, 6.07) is 11.8. The number of nitrogens with one attached hydrogen (secondary N) is 1. The van der Waals surface area contributed by atoms with Crippen molar-refractivity contribution in [2.45, 2.75) is 24.6 Å². The van der Waals surface area contributed by atoms with Gasteiger partial charge in [-0.25, -0.2) is 18.6 Å². The molecule has 1 unspecified atom stereocenters. The number of halogens is 2. The first-order valence-corrected chi connectivity index (χ1v) is 11.2. The number of nitrogens with zero attached hydrogens (tertiary/aromatic N) is 5. The molecule has 0 aromatic heterocycles. The average Bonchev–Trinajstić information content (AvgIpc) is 3.23. The van der Waals surface area contributed by atoms with Gasteiger partial charge in [0.05, 0.1) is 7.11 Å². The molecule has 0 radical (unpaired) electrons. The number of hydroxylamine groups is 2. The van der Waals surface area contributed by atoms with Gasteiger partial charge in [0.1, 0.15) is 27.4 Å². The quantitative estimate of drug-likeness (QED) is 0.156. The highest BCUT2D eigenvalue weighted by atomic mass is 32.2. The molecule has 0 fully saturated rings. The Morgan fingerprint density at radius 2 is 2.06 bits per heavy atom. The molecule has 1 atom stereocenters. The second-order valence-corrected chi connectivity index (χ2v) is 8.63. The molecule has 3 rings (SSSR count). The van der Waals surface area contributed by atoms with Crippen molar-refractivity contribution in [1.29, 1.82) is 5.26 Å². The summed E-state index contributed by atoms with van der Waals surface area (Å²) in [5.41, 5.74) is 0.719. The molecule has 0 saturated heterocycles. The van der Waals surface area contributed by atoms with Crippen LogP contribution < -0.4 is 5.32 Å². The maximum absolute atomic E-state index is 14.6. The molecule has 1 N–H and O–H groups in total. The summed E-state index contributed by atoms with van der Waals surface area (Å²) in [5, 5.41) is 18.1. The zero-order valence-corrected chi connectivity index (χ0v) is 19.8. The lowest BCUT2D eigenvalue weighted by atomic mass is 10.0. The van der Waals surface area contributed by atoms with Crippen LogP contribution in [0, 0.1) is 23.1 Å². The molecular weight excluding hydrogens is 462 g/mol. The van der Waals surface area contributed by atoms with Crippen LogP contribution in [0.25, 0.3) is 0 Å². The maximum Gasteiger partial charge on any atom is 0.365 e. The first-order chi connectivity index (χ1) is 16.3. The smallest absolute Gasteiger partial charge is 0.281 e. The van der Waals surface area contributed by atoms with Gasteiger partial charge >= 0.3 is 6.03 Å². The lowest BCUT2D eigenvalue weighted by Crippen LogP contribution is -2.46. The number of hydrazone groups is 1. The SMILES string of the molecule is CON(C)C(=O)N1N=C(c2cc(F)ccc2F)SC1(CCCN=C(C)NC#N)c1ccccc1. The highest BCUT2D eigenvalue weighted by molar-refractivity contribution is 8.15. The molecule has 2 amide bonds. The van der Waals surface area contributed by atoms with E-state index in [2.05, 4.69) is 15.4 Å². The van der Waals surface area contributed by atoms with E-state index in [1.165, 1.54) is 30.9 Å². The van der Waals surface area contributed by atoms with Crippen molar-refractivity contribution in [3.63, 3.8) is 0 Å². The number of carbonyl (C=O) groups is 1. The third-order valence-electron chi connectivity index (χ3n) is 5.17. The third-order valence-corrected chi connectivity index (χ3v) is 6.61. The zero-order valence-electron chi connectivity index (χ0n) is 19.0. The number of benzene rings is 2. The van der Waals surface area contributed by atoms with E-state index in [1.54, 1.807) is 6.92 Å². The van der Waals surface area contributed by atoms with E-state index >= 15 is 0 Å². The second-order valence-electron chi connectivity index (χ2n) is 7.36. The first kappa shape index (κ1) is 25.1. The fourth-order valence-electron chi connectivity index (χ4n) is 3.44. The minimum Gasteiger partial charge on any atom is -0.281 e. The predicted octanol–water partition coefficient (Wildman–Crippen LogP) is 4.41. The van der Waals surface area contributed by atoms with Crippen LogP contribution in [0.4, 0.5) is 13.6 Å². The molecule has 34 heavy (non-hydrogen) atoms. The summed E-state index contributed by atoms with van der Waals surface area (Å²) in [5.74, 6) is -0.786. The molecule has 8 nitrogen and oxygen atoms in total. The van der Waals surface area contributed by atoms with Crippen molar-refractivity contribution in [1.82, 2.24) is 15.4 Å². The van der Waals surface area contributed by atoms with Crippen LogP contribution in [0.5, 0.6) is 0 Å². The van der Waals surface area contributed by atoms with Crippen LogP contribution in [-0.4, -0.2) is 47.7 Å². The van der Waals surface area contributed by atoms with E-state index in [0.717, 1.165) is 28.8 Å². The minimum absolute atomic E-state index is 0.0345. The zero-order chi connectivity index (χ0) is 24.7. The number of carbonyl (C=O) groups excluding carboxylic acids is 1. The van der Waals surface area contributed by atoms with Crippen LogP contribution in [0.2, 0.25) is 0 Å². The number of aliphatic imine (C=N–C) groups is 1. The summed E-state index contributed by atoms with van der Waals surface area (Å²) in [7, 11) is 2.79. The molecule has 0 aliphatic carbocycles. The van der Waals surface area contributed by atoms with E-state index in [0.29, 0.717) is 25.2 Å². The summed E-state index contributed by atoms with van der Waals surface area (Å²) in [6.45, 7) is 2.05. The summed E-state index contributed by atoms with van der Waals surface area (Å²) in [4.78, 5) is 21.6. The van der Waals surface area contributed by atoms with Crippen molar-refractivity contribution >= 4 is 28.7 Å². The van der Waals surface area contributed by atoms with Gasteiger partial charge < -0.3 is 0 Å². The molecule has 0 bridgehead atoms. The van der Waals surface area contributed by atoms with Gasteiger partial charge in [0.2, 0.25) is 0 Å². The van der Waals surface area contributed by atoms with Crippen molar-refractivity contribution in [3.8, 4) is 6.19 Å². The van der Waals surface area contributed by atoms with Crippen molar-refractivity contribution in [2.75, 3.05) is 20.7 Å². The third kappa shape index (κ3) is 5.35. The molecule has 1 aliphatic rings. The van der Waals surface area contributed by atoms with Gasteiger partial charge in [0, 0.05) is 19.2 Å². The van der Waals surface area contributed by atoms with E-state index < -0.39 is 22.5 Å². The largest absolute Gasteiger partial charge is 0.365 e. The predicted molar refractivity (Wildman–Crippen MR) is 127 cm³/mol. The van der Waals surface area contributed by atoms with Gasteiger partial charge in [-0.2, -0.15) is 15.4 Å². The Hall–Kier alpha value is -3.49. The standard InChI is InChI=1S/C23H24F2N6O2S/c1-16(28-15-26)27-13-7-12-23(17-8-5-4-6-9-17)31(22(32)30(2)33-3)29-21(34-23)19-14-18(24)10-11-20(19)25/h4-6,8-11,14H,7,12-13H2,1-3H3,(H,27,28). The average molecular weight is 487 g/mol. The molecule has 178 valence electrons. The highest BCUT2D eigenvalue weighted by Crippen LogP contribution is 2.51. The molecule has 0 saturated carbocycles. The molecule has 0 spiro atoms. The van der Waals surface area contributed by atoms with Crippen molar-refractivity contribution < 1.29 is 18.4 Å².